The number of hydrogen-bond acceptors (Lipinski definition) is 3. The van der Waals surface area contributed by atoms with E-state index in [1.807, 2.05) is 39.8 Å². The van der Waals surface area contributed by atoms with E-state index in [0.29, 0.717) is 33.2 Å². The number of rotatable bonds is 3. The highest BCUT2D eigenvalue weighted by molar-refractivity contribution is 6.32. The Morgan fingerprint density at radius 2 is 1.80 bits per heavy atom. The molecule has 0 fully saturated rings. The lowest BCUT2D eigenvalue weighted by Gasteiger charge is -2.13. The lowest BCUT2D eigenvalue weighted by molar-refractivity contribution is 0.452. The maximum absolute atomic E-state index is 6.14. The molecule has 0 saturated carbocycles. The van der Waals surface area contributed by atoms with Crippen LogP contribution in [0.25, 0.3) is 0 Å². The summed E-state index contributed by atoms with van der Waals surface area (Å²) < 4.78 is 5.82. The summed E-state index contributed by atoms with van der Waals surface area (Å²) in [4.78, 5) is 8.68. The van der Waals surface area contributed by atoms with E-state index in [-0.39, 0.29) is 5.92 Å². The van der Waals surface area contributed by atoms with Crippen molar-refractivity contribution in [3.63, 3.8) is 0 Å². The fraction of sp³-hybridized carbons (Fsp3) is 0.333. The molecule has 1 heterocycles. The normalized spacial score (nSPS) is 10.9. The monoisotopic (exact) mass is 310 g/mol. The molecule has 0 atom stereocenters. The van der Waals surface area contributed by atoms with Crippen molar-refractivity contribution >= 4 is 23.2 Å². The zero-order valence-electron chi connectivity index (χ0n) is 11.9. The Hall–Kier alpha value is -1.32. The molecule has 106 valence electrons. The summed E-state index contributed by atoms with van der Waals surface area (Å²) in [5.74, 6) is 1.84. The third kappa shape index (κ3) is 3.22. The standard InChI is InChI=1S/C15H16Cl2N2O/c1-8(2)14-18-13(17)10(4)15(19-14)20-12-7-9(3)5-6-11(12)16/h5-8H,1-4H3. The summed E-state index contributed by atoms with van der Waals surface area (Å²) in [6.45, 7) is 7.81. The number of halogens is 2. The Morgan fingerprint density at radius 3 is 2.45 bits per heavy atom. The minimum Gasteiger partial charge on any atom is -0.437 e. The molecule has 0 aliphatic heterocycles. The highest BCUT2D eigenvalue weighted by atomic mass is 35.5. The van der Waals surface area contributed by atoms with E-state index >= 15 is 0 Å². The van der Waals surface area contributed by atoms with Crippen molar-refractivity contribution < 1.29 is 4.74 Å². The number of nitrogens with zero attached hydrogens (tertiary/aromatic N) is 2. The summed E-state index contributed by atoms with van der Waals surface area (Å²) in [5.41, 5.74) is 1.76. The minimum absolute atomic E-state index is 0.170. The van der Waals surface area contributed by atoms with Crippen LogP contribution in [0.5, 0.6) is 11.6 Å². The van der Waals surface area contributed by atoms with Gasteiger partial charge in [0.1, 0.15) is 16.7 Å². The second kappa shape index (κ2) is 5.98. The van der Waals surface area contributed by atoms with Crippen molar-refractivity contribution in [2.75, 3.05) is 0 Å². The van der Waals surface area contributed by atoms with E-state index in [1.165, 1.54) is 0 Å². The van der Waals surface area contributed by atoms with Gasteiger partial charge < -0.3 is 4.74 Å². The molecule has 0 amide bonds. The number of aryl methyl sites for hydroxylation is 1. The van der Waals surface area contributed by atoms with Gasteiger partial charge in [-0.25, -0.2) is 4.98 Å². The quantitative estimate of drug-likeness (QED) is 0.720. The molecule has 0 bridgehead atoms. The van der Waals surface area contributed by atoms with Gasteiger partial charge in [-0.3, -0.25) is 0 Å². The molecule has 0 aliphatic carbocycles. The van der Waals surface area contributed by atoms with Gasteiger partial charge in [0.05, 0.1) is 5.02 Å². The fourth-order valence-electron chi connectivity index (χ4n) is 1.64. The maximum atomic E-state index is 6.14. The van der Waals surface area contributed by atoms with Crippen LogP contribution in [-0.4, -0.2) is 9.97 Å². The molecular weight excluding hydrogens is 295 g/mol. The smallest absolute Gasteiger partial charge is 0.227 e. The average molecular weight is 311 g/mol. The van der Waals surface area contributed by atoms with Crippen LogP contribution < -0.4 is 4.74 Å². The van der Waals surface area contributed by atoms with Gasteiger partial charge in [-0.2, -0.15) is 4.98 Å². The van der Waals surface area contributed by atoms with Crippen molar-refractivity contribution in [3.05, 3.63) is 45.3 Å². The van der Waals surface area contributed by atoms with Gasteiger partial charge in [-0.1, -0.05) is 43.1 Å². The Kier molecular flexibility index (Phi) is 4.51. The van der Waals surface area contributed by atoms with Crippen LogP contribution in [-0.2, 0) is 0 Å². The third-order valence-corrected chi connectivity index (χ3v) is 3.55. The maximum Gasteiger partial charge on any atom is 0.227 e. The molecule has 1 aromatic heterocycles. The van der Waals surface area contributed by atoms with Crippen LogP contribution in [0.15, 0.2) is 18.2 Å². The van der Waals surface area contributed by atoms with Gasteiger partial charge in [-0.05, 0) is 31.5 Å². The SMILES string of the molecule is Cc1ccc(Cl)c(Oc2nc(C(C)C)nc(Cl)c2C)c1. The molecule has 2 rings (SSSR count). The predicted molar refractivity (Wildman–Crippen MR) is 82.1 cm³/mol. The van der Waals surface area contributed by atoms with E-state index in [1.54, 1.807) is 6.07 Å². The third-order valence-electron chi connectivity index (χ3n) is 2.87. The largest absolute Gasteiger partial charge is 0.437 e. The zero-order chi connectivity index (χ0) is 14.9. The van der Waals surface area contributed by atoms with Gasteiger partial charge in [0.25, 0.3) is 0 Å². The Bertz CT molecular complexity index is 642. The highest BCUT2D eigenvalue weighted by Gasteiger charge is 2.14. The van der Waals surface area contributed by atoms with Crippen LogP contribution in [0.1, 0.15) is 36.7 Å². The van der Waals surface area contributed by atoms with Crippen LogP contribution in [0.4, 0.5) is 0 Å². The summed E-state index contributed by atoms with van der Waals surface area (Å²) in [5, 5.41) is 0.943. The molecule has 1 aromatic carbocycles. The van der Waals surface area contributed by atoms with E-state index < -0.39 is 0 Å². The molecule has 0 unspecified atom stereocenters. The molecule has 0 aliphatic rings. The van der Waals surface area contributed by atoms with Gasteiger partial charge in [0.2, 0.25) is 5.88 Å². The van der Waals surface area contributed by atoms with E-state index in [4.69, 9.17) is 27.9 Å². The summed E-state index contributed by atoms with van der Waals surface area (Å²) in [7, 11) is 0. The minimum atomic E-state index is 0.170. The number of aromatic nitrogens is 2. The Labute approximate surface area is 128 Å². The van der Waals surface area contributed by atoms with Crippen LogP contribution >= 0.6 is 23.2 Å². The van der Waals surface area contributed by atoms with E-state index in [9.17, 15) is 0 Å². The van der Waals surface area contributed by atoms with Crippen molar-refractivity contribution in [2.45, 2.75) is 33.6 Å². The van der Waals surface area contributed by atoms with Crippen molar-refractivity contribution in [2.24, 2.45) is 0 Å². The second-order valence-corrected chi connectivity index (χ2v) is 5.76. The van der Waals surface area contributed by atoms with Gasteiger partial charge in [-0.15, -0.1) is 0 Å². The lowest BCUT2D eigenvalue weighted by atomic mass is 10.2. The fourth-order valence-corrected chi connectivity index (χ4v) is 1.96. The van der Waals surface area contributed by atoms with Crippen LogP contribution in [0, 0.1) is 13.8 Å². The van der Waals surface area contributed by atoms with E-state index in [2.05, 4.69) is 9.97 Å². The summed E-state index contributed by atoms with van der Waals surface area (Å²) in [6.07, 6.45) is 0. The van der Waals surface area contributed by atoms with E-state index in [0.717, 1.165) is 5.56 Å². The summed E-state index contributed by atoms with van der Waals surface area (Å²) >= 11 is 12.3. The number of benzene rings is 1. The predicted octanol–water partition coefficient (Wildman–Crippen LogP) is 5.32. The molecule has 0 radical (unpaired) electrons. The first-order valence-electron chi connectivity index (χ1n) is 6.36. The molecular formula is C15H16Cl2N2O. The summed E-state index contributed by atoms with van der Waals surface area (Å²) in [6, 6.07) is 5.59. The molecule has 0 spiro atoms. The topological polar surface area (TPSA) is 35.0 Å². The first-order chi connectivity index (χ1) is 9.38. The van der Waals surface area contributed by atoms with Gasteiger partial charge in [0, 0.05) is 11.5 Å². The molecule has 5 heteroatoms. The van der Waals surface area contributed by atoms with Crippen molar-refractivity contribution in [1.82, 2.24) is 9.97 Å². The molecule has 0 N–H and O–H groups in total. The first kappa shape index (κ1) is 15.1. The van der Waals surface area contributed by atoms with Gasteiger partial charge in [0.15, 0.2) is 0 Å². The zero-order valence-corrected chi connectivity index (χ0v) is 13.4. The average Bonchev–Trinajstić information content (AvgIpc) is 2.38. The van der Waals surface area contributed by atoms with Gasteiger partial charge >= 0.3 is 0 Å². The van der Waals surface area contributed by atoms with Crippen LogP contribution in [0.2, 0.25) is 10.2 Å². The number of hydrogen-bond donors (Lipinski definition) is 0. The lowest BCUT2D eigenvalue weighted by Crippen LogP contribution is -2.02. The molecule has 3 nitrogen and oxygen atoms in total. The number of ether oxygens (including phenoxy) is 1. The Morgan fingerprint density at radius 1 is 1.10 bits per heavy atom. The highest BCUT2D eigenvalue weighted by Crippen LogP contribution is 2.33. The van der Waals surface area contributed by atoms with Crippen molar-refractivity contribution in [3.8, 4) is 11.6 Å². The second-order valence-electron chi connectivity index (χ2n) is 4.99. The first-order valence-corrected chi connectivity index (χ1v) is 7.12. The molecule has 2 aromatic rings. The van der Waals surface area contributed by atoms with Crippen molar-refractivity contribution in [1.29, 1.82) is 0 Å². The van der Waals surface area contributed by atoms with Crippen LogP contribution in [0.3, 0.4) is 0 Å². The molecule has 0 saturated heterocycles. The molecule has 20 heavy (non-hydrogen) atoms. The Balaban J connectivity index is 2.45.